The minimum atomic E-state index is -0.113. The van der Waals surface area contributed by atoms with Gasteiger partial charge in [0.1, 0.15) is 17.1 Å². The summed E-state index contributed by atoms with van der Waals surface area (Å²) in [6.45, 7) is 5.98. The first-order valence-corrected chi connectivity index (χ1v) is 10.7. The van der Waals surface area contributed by atoms with Crippen LogP contribution < -0.4 is 10.1 Å². The highest BCUT2D eigenvalue weighted by Gasteiger charge is 2.23. The van der Waals surface area contributed by atoms with Crippen LogP contribution in [0.1, 0.15) is 60.7 Å². The summed E-state index contributed by atoms with van der Waals surface area (Å²) in [6.07, 6.45) is 6.07. The summed E-state index contributed by atoms with van der Waals surface area (Å²) in [6, 6.07) is 12.0. The average Bonchev–Trinajstić information content (AvgIpc) is 3.13. The summed E-state index contributed by atoms with van der Waals surface area (Å²) in [5.74, 6) is 1.76. The molecule has 4 rings (SSSR count). The molecule has 4 nitrogen and oxygen atoms in total. The number of rotatable bonds is 5. The quantitative estimate of drug-likeness (QED) is 0.539. The summed E-state index contributed by atoms with van der Waals surface area (Å²) in [5, 5.41) is 4.21. The van der Waals surface area contributed by atoms with Crippen molar-refractivity contribution in [2.75, 3.05) is 7.11 Å². The van der Waals surface area contributed by atoms with Crippen LogP contribution in [0.15, 0.2) is 46.9 Å². The van der Waals surface area contributed by atoms with Crippen molar-refractivity contribution in [3.05, 3.63) is 70.5 Å². The Bertz CT molecular complexity index is 1110. The molecule has 1 unspecified atom stereocenters. The van der Waals surface area contributed by atoms with Gasteiger partial charge in [0.05, 0.1) is 13.2 Å². The van der Waals surface area contributed by atoms with Gasteiger partial charge in [-0.2, -0.15) is 0 Å². The van der Waals surface area contributed by atoms with Gasteiger partial charge < -0.3 is 14.5 Å². The van der Waals surface area contributed by atoms with Crippen molar-refractivity contribution >= 4 is 22.4 Å². The highest BCUT2D eigenvalue weighted by molar-refractivity contribution is 5.98. The van der Waals surface area contributed by atoms with E-state index in [0.717, 1.165) is 57.6 Å². The predicted octanol–water partition coefficient (Wildman–Crippen LogP) is 5.91. The molecule has 30 heavy (non-hydrogen) atoms. The number of hydrogen-bond donors (Lipinski definition) is 1. The maximum Gasteiger partial charge on any atom is 0.244 e. The number of fused-ring (bicyclic) bond motifs is 3. The van der Waals surface area contributed by atoms with E-state index in [1.807, 2.05) is 51.1 Å². The van der Waals surface area contributed by atoms with Crippen molar-refractivity contribution in [3.8, 4) is 5.75 Å². The second kappa shape index (κ2) is 8.39. The van der Waals surface area contributed by atoms with Crippen LogP contribution in [-0.4, -0.2) is 13.0 Å². The number of furan rings is 1. The van der Waals surface area contributed by atoms with E-state index >= 15 is 0 Å². The lowest BCUT2D eigenvalue weighted by molar-refractivity contribution is -0.117. The van der Waals surface area contributed by atoms with E-state index in [0.29, 0.717) is 0 Å². The summed E-state index contributed by atoms with van der Waals surface area (Å²) in [7, 11) is 1.67. The minimum absolute atomic E-state index is 0.0604. The number of methoxy groups -OCH3 is 1. The number of amides is 1. The van der Waals surface area contributed by atoms with Crippen LogP contribution >= 0.6 is 0 Å². The van der Waals surface area contributed by atoms with Crippen molar-refractivity contribution in [3.63, 3.8) is 0 Å². The first kappa shape index (κ1) is 20.3. The molecule has 3 aromatic rings. The van der Waals surface area contributed by atoms with E-state index in [4.69, 9.17) is 9.15 Å². The number of benzene rings is 2. The van der Waals surface area contributed by atoms with Crippen molar-refractivity contribution in [1.82, 2.24) is 5.32 Å². The highest BCUT2D eigenvalue weighted by Crippen LogP contribution is 2.41. The standard InChI is InChI=1S/C26H29NO3/c1-16(14-24(28)27-18(3)19-10-6-5-7-11-19)21-15-22-20-12-8-9-13-23(20)30-26(22)17(2)25(21)29-4/h5-7,10-11,14-15,18H,8-9,12-13H2,1-4H3,(H,27,28)/b16-14+. The molecule has 1 aliphatic carbocycles. The maximum atomic E-state index is 12.7. The molecule has 1 amide bonds. The lowest BCUT2D eigenvalue weighted by Crippen LogP contribution is -2.24. The van der Waals surface area contributed by atoms with Crippen LogP contribution in [0.5, 0.6) is 5.75 Å². The van der Waals surface area contributed by atoms with Gasteiger partial charge in [0.15, 0.2) is 0 Å². The zero-order chi connectivity index (χ0) is 21.3. The van der Waals surface area contributed by atoms with Gasteiger partial charge in [-0.3, -0.25) is 4.79 Å². The third kappa shape index (κ3) is 3.74. The molecular weight excluding hydrogens is 374 g/mol. The second-order valence-corrected chi connectivity index (χ2v) is 8.14. The van der Waals surface area contributed by atoms with Crippen LogP contribution in [0, 0.1) is 6.92 Å². The third-order valence-electron chi connectivity index (χ3n) is 6.06. The monoisotopic (exact) mass is 403 g/mol. The lowest BCUT2D eigenvalue weighted by atomic mass is 9.93. The van der Waals surface area contributed by atoms with Crippen LogP contribution in [-0.2, 0) is 17.6 Å². The van der Waals surface area contributed by atoms with Crippen molar-refractivity contribution in [2.24, 2.45) is 0 Å². The van der Waals surface area contributed by atoms with E-state index in [2.05, 4.69) is 11.4 Å². The van der Waals surface area contributed by atoms with Crippen molar-refractivity contribution < 1.29 is 13.9 Å². The van der Waals surface area contributed by atoms with Crippen molar-refractivity contribution in [2.45, 2.75) is 52.5 Å². The molecule has 1 atom stereocenters. The summed E-state index contributed by atoms with van der Waals surface area (Å²) in [4.78, 5) is 12.7. The highest BCUT2D eigenvalue weighted by atomic mass is 16.5. The van der Waals surface area contributed by atoms with Crippen molar-refractivity contribution in [1.29, 1.82) is 0 Å². The molecular formula is C26H29NO3. The number of allylic oxidation sites excluding steroid dienone is 1. The van der Waals surface area contributed by atoms with Crippen LogP contribution in [0.3, 0.4) is 0 Å². The minimum Gasteiger partial charge on any atom is -0.496 e. The van der Waals surface area contributed by atoms with Crippen LogP contribution in [0.25, 0.3) is 16.5 Å². The average molecular weight is 404 g/mol. The molecule has 1 aromatic heterocycles. The van der Waals surface area contributed by atoms with E-state index < -0.39 is 0 Å². The van der Waals surface area contributed by atoms with E-state index in [1.165, 1.54) is 18.4 Å². The Balaban J connectivity index is 1.68. The zero-order valence-electron chi connectivity index (χ0n) is 18.2. The summed E-state index contributed by atoms with van der Waals surface area (Å²) >= 11 is 0. The molecule has 0 saturated carbocycles. The van der Waals surface area contributed by atoms with E-state index in [1.54, 1.807) is 13.2 Å². The van der Waals surface area contributed by atoms with Gasteiger partial charge in [0.25, 0.3) is 0 Å². The lowest BCUT2D eigenvalue weighted by Gasteiger charge is -2.15. The van der Waals surface area contributed by atoms with Gasteiger partial charge in [-0.15, -0.1) is 0 Å². The number of nitrogens with one attached hydrogen (secondary N) is 1. The summed E-state index contributed by atoms with van der Waals surface area (Å²) in [5.41, 5.74) is 6.12. The first-order chi connectivity index (χ1) is 14.5. The molecule has 2 aromatic carbocycles. The number of carbonyl (C=O) groups excluding carboxylic acids is 1. The molecule has 4 heteroatoms. The van der Waals surface area contributed by atoms with Crippen LogP contribution in [0.2, 0.25) is 0 Å². The molecule has 0 aliphatic heterocycles. The zero-order valence-corrected chi connectivity index (χ0v) is 18.2. The van der Waals surface area contributed by atoms with Gasteiger partial charge in [-0.1, -0.05) is 30.3 Å². The Kier molecular flexibility index (Phi) is 5.67. The van der Waals surface area contributed by atoms with Gasteiger partial charge >= 0.3 is 0 Å². The molecule has 0 spiro atoms. The predicted molar refractivity (Wildman–Crippen MR) is 121 cm³/mol. The topological polar surface area (TPSA) is 51.5 Å². The molecule has 0 bridgehead atoms. The SMILES string of the molecule is COc1c(/C(C)=C/C(=O)NC(C)c2ccccc2)cc2c3c(oc2c1C)CCCC3. The fourth-order valence-corrected chi connectivity index (χ4v) is 4.45. The molecule has 0 radical (unpaired) electrons. The molecule has 156 valence electrons. The largest absolute Gasteiger partial charge is 0.496 e. The van der Waals surface area contributed by atoms with Gasteiger partial charge in [-0.25, -0.2) is 0 Å². The fraction of sp³-hybridized carbons (Fsp3) is 0.346. The fourth-order valence-electron chi connectivity index (χ4n) is 4.45. The Hall–Kier alpha value is -3.01. The number of hydrogen-bond acceptors (Lipinski definition) is 3. The van der Waals surface area contributed by atoms with Gasteiger partial charge in [-0.05, 0) is 57.2 Å². The first-order valence-electron chi connectivity index (χ1n) is 10.7. The van der Waals surface area contributed by atoms with E-state index in [-0.39, 0.29) is 11.9 Å². The Morgan fingerprint density at radius 3 is 2.67 bits per heavy atom. The molecule has 1 heterocycles. The second-order valence-electron chi connectivity index (χ2n) is 8.14. The Morgan fingerprint density at radius 1 is 1.20 bits per heavy atom. The third-order valence-corrected chi connectivity index (χ3v) is 6.06. The molecule has 0 fully saturated rings. The van der Waals surface area contributed by atoms with Gasteiger partial charge in [0.2, 0.25) is 5.91 Å². The smallest absolute Gasteiger partial charge is 0.244 e. The molecule has 0 saturated heterocycles. The molecule has 1 N–H and O–H groups in total. The Labute approximate surface area is 177 Å². The van der Waals surface area contributed by atoms with Gasteiger partial charge in [0, 0.05) is 34.6 Å². The summed E-state index contributed by atoms with van der Waals surface area (Å²) < 4.78 is 11.9. The Morgan fingerprint density at radius 2 is 1.93 bits per heavy atom. The normalized spacial score (nSPS) is 15.0. The molecule has 1 aliphatic rings. The number of carbonyl (C=O) groups is 1. The number of aryl methyl sites for hydroxylation is 3. The van der Waals surface area contributed by atoms with E-state index in [9.17, 15) is 4.79 Å². The van der Waals surface area contributed by atoms with Crippen LogP contribution in [0.4, 0.5) is 0 Å². The number of ether oxygens (including phenoxy) is 1. The maximum absolute atomic E-state index is 12.7.